The van der Waals surface area contributed by atoms with Crippen LogP contribution >= 0.6 is 0 Å². The van der Waals surface area contributed by atoms with Crippen LogP contribution in [0.2, 0.25) is 0 Å². The fourth-order valence-electron chi connectivity index (χ4n) is 3.31. The van der Waals surface area contributed by atoms with Crippen LogP contribution in [-0.2, 0) is 11.3 Å². The molecule has 0 atom stereocenters. The van der Waals surface area contributed by atoms with Crippen molar-refractivity contribution >= 4 is 17.8 Å². The zero-order chi connectivity index (χ0) is 22.0. The molecule has 0 aliphatic carbocycles. The summed E-state index contributed by atoms with van der Waals surface area (Å²) in [5.41, 5.74) is 2.73. The van der Waals surface area contributed by atoms with Crippen molar-refractivity contribution in [2.24, 2.45) is 0 Å². The summed E-state index contributed by atoms with van der Waals surface area (Å²) in [6.07, 6.45) is 0. The van der Waals surface area contributed by atoms with Crippen molar-refractivity contribution in [1.29, 1.82) is 0 Å². The molecule has 2 aromatic carbocycles. The van der Waals surface area contributed by atoms with Crippen molar-refractivity contribution in [2.75, 3.05) is 13.2 Å². The van der Waals surface area contributed by atoms with Crippen LogP contribution in [0.4, 0.5) is 0 Å². The number of esters is 1. The molecule has 0 fully saturated rings. The van der Waals surface area contributed by atoms with Gasteiger partial charge in [0.2, 0.25) is 0 Å². The molecule has 158 valence electrons. The van der Waals surface area contributed by atoms with Gasteiger partial charge in [-0.25, -0.2) is 4.79 Å². The normalized spacial score (nSPS) is 12.8. The Morgan fingerprint density at radius 3 is 2.23 bits per heavy atom. The second kappa shape index (κ2) is 8.43. The van der Waals surface area contributed by atoms with Crippen molar-refractivity contribution in [1.82, 2.24) is 10.1 Å². The van der Waals surface area contributed by atoms with Crippen LogP contribution in [0.15, 0.2) is 53.1 Å². The molecule has 4 rings (SSSR count). The van der Waals surface area contributed by atoms with E-state index >= 15 is 0 Å². The standard InChI is InChI=1S/C23H20N2O6/c1-14-20(15(2)31-24-14)13-30-17-9-7-16(8-10-17)23(28)29-12-11-25-21(26)18-5-3-4-6-19(18)22(25)27/h3-10H,11-13H2,1-2H3. The van der Waals surface area contributed by atoms with E-state index < -0.39 is 5.97 Å². The van der Waals surface area contributed by atoms with Gasteiger partial charge in [0.15, 0.2) is 0 Å². The van der Waals surface area contributed by atoms with Crippen LogP contribution in [0.25, 0.3) is 0 Å². The van der Waals surface area contributed by atoms with Gasteiger partial charge < -0.3 is 14.0 Å². The molecule has 1 aromatic heterocycles. The van der Waals surface area contributed by atoms with E-state index in [2.05, 4.69) is 5.16 Å². The highest BCUT2D eigenvalue weighted by molar-refractivity contribution is 6.21. The van der Waals surface area contributed by atoms with Gasteiger partial charge in [0.25, 0.3) is 11.8 Å². The number of fused-ring (bicyclic) bond motifs is 1. The summed E-state index contributed by atoms with van der Waals surface area (Å²) in [6.45, 7) is 3.88. The van der Waals surface area contributed by atoms with Crippen LogP contribution in [-0.4, -0.2) is 41.0 Å². The van der Waals surface area contributed by atoms with E-state index in [9.17, 15) is 14.4 Å². The summed E-state index contributed by atoms with van der Waals surface area (Å²) in [5.74, 6) is -0.0138. The third-order valence-corrected chi connectivity index (χ3v) is 5.08. The predicted octanol–water partition coefficient (Wildman–Crippen LogP) is 3.32. The van der Waals surface area contributed by atoms with Gasteiger partial charge in [0.05, 0.1) is 34.5 Å². The lowest BCUT2D eigenvalue weighted by Gasteiger charge is -2.14. The molecule has 0 N–H and O–H groups in total. The minimum absolute atomic E-state index is 0.00325. The molecule has 1 aliphatic heterocycles. The van der Waals surface area contributed by atoms with Crippen LogP contribution in [0.3, 0.4) is 0 Å². The molecule has 0 saturated heterocycles. The van der Waals surface area contributed by atoms with Gasteiger partial charge in [-0.3, -0.25) is 14.5 Å². The molecule has 8 heteroatoms. The molecule has 2 heterocycles. The Balaban J connectivity index is 1.28. The third-order valence-electron chi connectivity index (χ3n) is 5.08. The van der Waals surface area contributed by atoms with Gasteiger partial charge in [0, 0.05) is 0 Å². The summed E-state index contributed by atoms with van der Waals surface area (Å²) in [4.78, 5) is 38.0. The first kappa shape index (κ1) is 20.3. The average Bonchev–Trinajstić information content (AvgIpc) is 3.23. The Morgan fingerprint density at radius 1 is 1.00 bits per heavy atom. The number of nitrogens with zero attached hydrogens (tertiary/aromatic N) is 2. The minimum atomic E-state index is -0.547. The lowest BCUT2D eigenvalue weighted by atomic mass is 10.1. The Bertz CT molecular complexity index is 1090. The van der Waals surface area contributed by atoms with Crippen LogP contribution in [0.5, 0.6) is 5.75 Å². The van der Waals surface area contributed by atoms with E-state index in [1.807, 2.05) is 13.8 Å². The van der Waals surface area contributed by atoms with Crippen molar-refractivity contribution in [3.8, 4) is 5.75 Å². The third kappa shape index (κ3) is 4.05. The molecule has 0 spiro atoms. The zero-order valence-corrected chi connectivity index (χ0v) is 17.1. The molecule has 0 bridgehead atoms. The summed E-state index contributed by atoms with van der Waals surface area (Å²) in [5, 5.41) is 3.88. The molecule has 3 aromatic rings. The molecule has 0 saturated carbocycles. The number of rotatable bonds is 7. The Hall–Kier alpha value is -3.94. The molecular formula is C23H20N2O6. The highest BCUT2D eigenvalue weighted by atomic mass is 16.5. The number of hydrogen-bond acceptors (Lipinski definition) is 7. The molecule has 1 aliphatic rings. The Labute approximate surface area is 178 Å². The maximum atomic E-state index is 12.3. The quantitative estimate of drug-likeness (QED) is 0.427. The number of carbonyl (C=O) groups excluding carboxylic acids is 3. The van der Waals surface area contributed by atoms with Crippen LogP contribution in [0.1, 0.15) is 48.1 Å². The van der Waals surface area contributed by atoms with Crippen LogP contribution < -0.4 is 4.74 Å². The van der Waals surface area contributed by atoms with E-state index in [0.29, 0.717) is 34.8 Å². The average molecular weight is 420 g/mol. The van der Waals surface area contributed by atoms with Gasteiger partial charge in [-0.1, -0.05) is 17.3 Å². The first-order chi connectivity index (χ1) is 15.0. The van der Waals surface area contributed by atoms with Gasteiger partial charge in [-0.2, -0.15) is 0 Å². The van der Waals surface area contributed by atoms with Gasteiger partial charge in [0.1, 0.15) is 24.7 Å². The number of aryl methyl sites for hydroxylation is 2. The van der Waals surface area contributed by atoms with Crippen molar-refractivity contribution < 1.29 is 28.4 Å². The monoisotopic (exact) mass is 420 g/mol. The highest BCUT2D eigenvalue weighted by Crippen LogP contribution is 2.22. The molecule has 31 heavy (non-hydrogen) atoms. The summed E-state index contributed by atoms with van der Waals surface area (Å²) in [6, 6.07) is 13.1. The van der Waals surface area contributed by atoms with E-state index in [-0.39, 0.29) is 25.0 Å². The number of hydrogen-bond donors (Lipinski definition) is 0. The Morgan fingerprint density at radius 2 is 1.65 bits per heavy atom. The first-order valence-corrected chi connectivity index (χ1v) is 9.72. The summed E-state index contributed by atoms with van der Waals surface area (Å²) < 4.78 is 16.0. The molecule has 2 amide bonds. The van der Waals surface area contributed by atoms with Crippen molar-refractivity contribution in [2.45, 2.75) is 20.5 Å². The number of aromatic nitrogens is 1. The van der Waals surface area contributed by atoms with E-state index in [4.69, 9.17) is 14.0 Å². The second-order valence-electron chi connectivity index (χ2n) is 7.06. The summed E-state index contributed by atoms with van der Waals surface area (Å²) in [7, 11) is 0. The number of imide groups is 1. The zero-order valence-electron chi connectivity index (χ0n) is 17.1. The molecule has 0 radical (unpaired) electrons. The lowest BCUT2D eigenvalue weighted by Crippen LogP contribution is -2.33. The molecule has 0 unspecified atom stereocenters. The maximum Gasteiger partial charge on any atom is 0.338 e. The maximum absolute atomic E-state index is 12.3. The van der Waals surface area contributed by atoms with E-state index in [0.717, 1.165) is 16.2 Å². The number of amides is 2. The fraction of sp³-hybridized carbons (Fsp3) is 0.217. The highest BCUT2D eigenvalue weighted by Gasteiger charge is 2.34. The fourth-order valence-corrected chi connectivity index (χ4v) is 3.31. The Kier molecular flexibility index (Phi) is 5.53. The number of carbonyl (C=O) groups is 3. The van der Waals surface area contributed by atoms with Gasteiger partial charge in [-0.15, -0.1) is 0 Å². The van der Waals surface area contributed by atoms with Gasteiger partial charge in [-0.05, 0) is 50.2 Å². The SMILES string of the molecule is Cc1noc(C)c1COc1ccc(C(=O)OCCN2C(=O)c3ccccc3C2=O)cc1. The second-order valence-corrected chi connectivity index (χ2v) is 7.06. The molecular weight excluding hydrogens is 400 g/mol. The van der Waals surface area contributed by atoms with Crippen molar-refractivity contribution in [3.63, 3.8) is 0 Å². The smallest absolute Gasteiger partial charge is 0.338 e. The molecule has 8 nitrogen and oxygen atoms in total. The number of ether oxygens (including phenoxy) is 2. The summed E-state index contributed by atoms with van der Waals surface area (Å²) >= 11 is 0. The minimum Gasteiger partial charge on any atom is -0.489 e. The largest absolute Gasteiger partial charge is 0.489 e. The topological polar surface area (TPSA) is 98.9 Å². The van der Waals surface area contributed by atoms with Gasteiger partial charge >= 0.3 is 5.97 Å². The lowest BCUT2D eigenvalue weighted by molar-refractivity contribution is 0.0420. The number of benzene rings is 2. The van der Waals surface area contributed by atoms with Crippen LogP contribution in [0, 0.1) is 13.8 Å². The first-order valence-electron chi connectivity index (χ1n) is 9.72. The van der Waals surface area contributed by atoms with E-state index in [1.165, 1.54) is 0 Å². The van der Waals surface area contributed by atoms with E-state index in [1.54, 1.807) is 48.5 Å². The predicted molar refractivity (Wildman–Crippen MR) is 109 cm³/mol. The van der Waals surface area contributed by atoms with Crippen molar-refractivity contribution in [3.05, 3.63) is 82.2 Å².